The molecule has 2 atom stereocenters. The molecule has 0 aromatic heterocycles. The lowest BCUT2D eigenvalue weighted by Gasteiger charge is -2.23. The van der Waals surface area contributed by atoms with Crippen LogP contribution in [0.4, 0.5) is 0 Å². The van der Waals surface area contributed by atoms with Gasteiger partial charge >= 0.3 is 0 Å². The van der Waals surface area contributed by atoms with Gasteiger partial charge in [0, 0.05) is 12.6 Å². The summed E-state index contributed by atoms with van der Waals surface area (Å²) >= 11 is 0. The van der Waals surface area contributed by atoms with Crippen LogP contribution in [0.5, 0.6) is 5.75 Å². The van der Waals surface area contributed by atoms with Crippen LogP contribution in [0.2, 0.25) is 0 Å². The zero-order chi connectivity index (χ0) is 13.4. The van der Waals surface area contributed by atoms with Crippen molar-refractivity contribution in [2.45, 2.75) is 32.4 Å². The van der Waals surface area contributed by atoms with Crippen LogP contribution in [0.25, 0.3) is 0 Å². The van der Waals surface area contributed by atoms with Crippen molar-refractivity contribution in [2.24, 2.45) is 0 Å². The van der Waals surface area contributed by atoms with E-state index in [1.807, 2.05) is 38.1 Å². The van der Waals surface area contributed by atoms with Crippen LogP contribution < -0.4 is 10.1 Å². The second-order valence-electron chi connectivity index (χ2n) is 4.14. The smallest absolute Gasteiger partial charge is 0.119 e. The Morgan fingerprint density at radius 3 is 2.39 bits per heavy atom. The van der Waals surface area contributed by atoms with Crippen LogP contribution >= 0.6 is 0 Å². The minimum Gasteiger partial charge on any atom is -0.494 e. The highest BCUT2D eigenvalue weighted by molar-refractivity contribution is 5.29. The Kier molecular flexibility index (Phi) is 6.72. The minimum atomic E-state index is -0.572. The lowest BCUT2D eigenvalue weighted by Crippen LogP contribution is -2.36. The summed E-state index contributed by atoms with van der Waals surface area (Å²) in [6.45, 7) is 5.15. The molecule has 18 heavy (non-hydrogen) atoms. The fourth-order valence-corrected chi connectivity index (χ4v) is 1.89. The quantitative estimate of drug-likeness (QED) is 0.656. The van der Waals surface area contributed by atoms with Crippen molar-refractivity contribution in [3.8, 4) is 5.75 Å². The molecular formula is C14H23NO3. The van der Waals surface area contributed by atoms with Gasteiger partial charge in [-0.2, -0.15) is 0 Å². The van der Waals surface area contributed by atoms with E-state index in [1.165, 1.54) is 0 Å². The second-order valence-corrected chi connectivity index (χ2v) is 4.14. The molecule has 3 N–H and O–H groups in total. The van der Waals surface area contributed by atoms with E-state index in [9.17, 15) is 5.11 Å². The first-order chi connectivity index (χ1) is 8.72. The van der Waals surface area contributed by atoms with Gasteiger partial charge in [-0.1, -0.05) is 19.1 Å². The molecule has 4 nitrogen and oxygen atoms in total. The molecule has 0 saturated carbocycles. The van der Waals surface area contributed by atoms with Crippen molar-refractivity contribution in [3.05, 3.63) is 29.8 Å². The van der Waals surface area contributed by atoms with E-state index in [1.54, 1.807) is 0 Å². The Bertz CT molecular complexity index is 326. The number of hydrogen-bond donors (Lipinski definition) is 3. The molecule has 1 aromatic rings. The average molecular weight is 253 g/mol. The van der Waals surface area contributed by atoms with Crippen LogP contribution in [-0.4, -0.2) is 36.0 Å². The van der Waals surface area contributed by atoms with E-state index in [2.05, 4.69) is 5.32 Å². The number of aliphatic hydroxyl groups is 2. The van der Waals surface area contributed by atoms with Crippen molar-refractivity contribution >= 4 is 0 Å². The van der Waals surface area contributed by atoms with Gasteiger partial charge in [0.2, 0.25) is 0 Å². The molecule has 102 valence electrons. The van der Waals surface area contributed by atoms with E-state index in [-0.39, 0.29) is 12.6 Å². The predicted octanol–water partition coefficient (Wildman–Crippen LogP) is 1.48. The Morgan fingerprint density at radius 1 is 1.22 bits per heavy atom. The predicted molar refractivity (Wildman–Crippen MR) is 71.7 cm³/mol. The molecule has 2 unspecified atom stereocenters. The summed E-state index contributed by atoms with van der Waals surface area (Å²) in [5.74, 6) is 0.810. The monoisotopic (exact) mass is 253 g/mol. The van der Waals surface area contributed by atoms with Gasteiger partial charge in [-0.3, -0.25) is 0 Å². The standard InChI is InChI=1S/C14H23NO3/c1-3-13(15-9-10-16)14(17)11-5-7-12(8-6-11)18-4-2/h5-8,13-17H,3-4,9-10H2,1-2H3. The van der Waals surface area contributed by atoms with E-state index in [0.29, 0.717) is 13.2 Å². The third kappa shape index (κ3) is 4.29. The molecule has 0 radical (unpaired) electrons. The summed E-state index contributed by atoms with van der Waals surface area (Å²) in [7, 11) is 0. The summed E-state index contributed by atoms with van der Waals surface area (Å²) < 4.78 is 5.36. The summed E-state index contributed by atoms with van der Waals surface area (Å²) in [5.41, 5.74) is 0.857. The fourth-order valence-electron chi connectivity index (χ4n) is 1.89. The summed E-state index contributed by atoms with van der Waals surface area (Å²) in [4.78, 5) is 0. The van der Waals surface area contributed by atoms with Crippen molar-refractivity contribution < 1.29 is 14.9 Å². The van der Waals surface area contributed by atoms with Gasteiger partial charge in [-0.25, -0.2) is 0 Å². The van der Waals surface area contributed by atoms with Gasteiger partial charge in [-0.05, 0) is 31.0 Å². The average Bonchev–Trinajstić information content (AvgIpc) is 2.40. The number of ether oxygens (including phenoxy) is 1. The van der Waals surface area contributed by atoms with Crippen molar-refractivity contribution in [2.75, 3.05) is 19.8 Å². The molecule has 0 heterocycles. The molecule has 1 rings (SSSR count). The summed E-state index contributed by atoms with van der Waals surface area (Å²) in [6.07, 6.45) is 0.228. The third-order valence-corrected chi connectivity index (χ3v) is 2.87. The van der Waals surface area contributed by atoms with Crippen LogP contribution in [0.3, 0.4) is 0 Å². The second kappa shape index (κ2) is 8.08. The largest absolute Gasteiger partial charge is 0.494 e. The first-order valence-corrected chi connectivity index (χ1v) is 6.48. The molecule has 1 aromatic carbocycles. The summed E-state index contributed by atoms with van der Waals surface area (Å²) in [5, 5.41) is 22.2. The fraction of sp³-hybridized carbons (Fsp3) is 0.571. The van der Waals surface area contributed by atoms with Crippen LogP contribution in [0.15, 0.2) is 24.3 Å². The number of rotatable bonds is 8. The normalized spacial score (nSPS) is 14.2. The molecule has 4 heteroatoms. The highest BCUT2D eigenvalue weighted by Gasteiger charge is 2.18. The van der Waals surface area contributed by atoms with Gasteiger partial charge < -0.3 is 20.3 Å². The van der Waals surface area contributed by atoms with Gasteiger partial charge in [0.25, 0.3) is 0 Å². The number of benzene rings is 1. The summed E-state index contributed by atoms with van der Waals surface area (Å²) in [6, 6.07) is 7.43. The maximum Gasteiger partial charge on any atom is 0.119 e. The topological polar surface area (TPSA) is 61.7 Å². The first-order valence-electron chi connectivity index (χ1n) is 6.48. The number of hydrogen-bond acceptors (Lipinski definition) is 4. The van der Waals surface area contributed by atoms with Crippen molar-refractivity contribution in [3.63, 3.8) is 0 Å². The van der Waals surface area contributed by atoms with Gasteiger partial charge in [0.05, 0.1) is 19.3 Å². The maximum atomic E-state index is 10.2. The molecular weight excluding hydrogens is 230 g/mol. The molecule has 0 spiro atoms. The highest BCUT2D eigenvalue weighted by Crippen LogP contribution is 2.21. The van der Waals surface area contributed by atoms with Crippen molar-refractivity contribution in [1.82, 2.24) is 5.32 Å². The molecule has 0 aliphatic heterocycles. The van der Waals surface area contributed by atoms with Crippen LogP contribution in [-0.2, 0) is 0 Å². The SMILES string of the molecule is CCOc1ccc(C(O)C(CC)NCCO)cc1. The van der Waals surface area contributed by atoms with Crippen LogP contribution in [0, 0.1) is 0 Å². The van der Waals surface area contributed by atoms with Crippen molar-refractivity contribution in [1.29, 1.82) is 0 Å². The molecule has 0 aliphatic rings. The Morgan fingerprint density at radius 2 is 1.89 bits per heavy atom. The van der Waals surface area contributed by atoms with Crippen LogP contribution in [0.1, 0.15) is 31.9 Å². The minimum absolute atomic E-state index is 0.0462. The zero-order valence-corrected chi connectivity index (χ0v) is 11.1. The third-order valence-electron chi connectivity index (χ3n) is 2.87. The molecule has 0 aliphatic carbocycles. The number of aliphatic hydroxyl groups excluding tert-OH is 2. The number of nitrogens with one attached hydrogen (secondary N) is 1. The molecule has 0 fully saturated rings. The van der Waals surface area contributed by atoms with E-state index in [0.717, 1.165) is 17.7 Å². The maximum absolute atomic E-state index is 10.2. The molecule has 0 bridgehead atoms. The lowest BCUT2D eigenvalue weighted by molar-refractivity contribution is 0.122. The van der Waals surface area contributed by atoms with E-state index >= 15 is 0 Å². The van der Waals surface area contributed by atoms with Gasteiger partial charge in [0.1, 0.15) is 5.75 Å². The van der Waals surface area contributed by atoms with Gasteiger partial charge in [-0.15, -0.1) is 0 Å². The van der Waals surface area contributed by atoms with E-state index < -0.39 is 6.10 Å². The van der Waals surface area contributed by atoms with E-state index in [4.69, 9.17) is 9.84 Å². The zero-order valence-electron chi connectivity index (χ0n) is 11.1. The Balaban J connectivity index is 2.65. The van der Waals surface area contributed by atoms with Gasteiger partial charge in [0.15, 0.2) is 0 Å². The highest BCUT2D eigenvalue weighted by atomic mass is 16.5. The molecule has 0 saturated heterocycles. The first kappa shape index (κ1) is 15.0. The lowest BCUT2D eigenvalue weighted by atomic mass is 10.0. The Labute approximate surface area is 109 Å². The Hall–Kier alpha value is -1.10. The molecule has 0 amide bonds.